The molecule has 0 aliphatic rings. The van der Waals surface area contributed by atoms with Crippen LogP contribution in [0.1, 0.15) is 42.0 Å². The molecule has 1 aromatic carbocycles. The first-order chi connectivity index (χ1) is 9.67. The van der Waals surface area contributed by atoms with E-state index in [1.54, 1.807) is 0 Å². The molecule has 0 saturated heterocycles. The summed E-state index contributed by atoms with van der Waals surface area (Å²) in [6.45, 7) is 4.99. The van der Waals surface area contributed by atoms with Gasteiger partial charge in [-0.3, -0.25) is 9.48 Å². The van der Waals surface area contributed by atoms with Gasteiger partial charge in [0.25, 0.3) is 0 Å². The lowest BCUT2D eigenvalue weighted by atomic mass is 10.1. The molecule has 0 radical (unpaired) electrons. The number of hydrogen-bond donors (Lipinski definition) is 0. The van der Waals surface area contributed by atoms with Crippen LogP contribution in [0.25, 0.3) is 0 Å². The van der Waals surface area contributed by atoms with Crippen LogP contribution < -0.4 is 0 Å². The maximum atomic E-state index is 12.2. The Labute approximate surface area is 128 Å². The van der Waals surface area contributed by atoms with Gasteiger partial charge in [0.1, 0.15) is 0 Å². The molecule has 1 aromatic heterocycles. The highest BCUT2D eigenvalue weighted by molar-refractivity contribution is 9.10. The zero-order chi connectivity index (χ0) is 14.5. The molecule has 0 bridgehead atoms. The highest BCUT2D eigenvalue weighted by Crippen LogP contribution is 2.24. The molecule has 0 aliphatic carbocycles. The largest absolute Gasteiger partial charge is 0.294 e. The fourth-order valence-electron chi connectivity index (χ4n) is 2.26. The van der Waals surface area contributed by atoms with Crippen molar-refractivity contribution in [2.75, 3.05) is 0 Å². The number of aromatic nitrogens is 2. The number of nitrogens with zero attached hydrogens (tertiary/aromatic N) is 2. The van der Waals surface area contributed by atoms with Crippen LogP contribution in [0.5, 0.6) is 0 Å². The van der Waals surface area contributed by atoms with E-state index in [1.165, 1.54) is 0 Å². The van der Waals surface area contributed by atoms with E-state index in [0.717, 1.165) is 40.8 Å². The van der Waals surface area contributed by atoms with Crippen molar-refractivity contribution >= 4 is 21.7 Å². The van der Waals surface area contributed by atoms with Crippen LogP contribution in [-0.2, 0) is 19.4 Å². The summed E-state index contributed by atoms with van der Waals surface area (Å²) in [7, 11) is 0. The molecule has 3 nitrogen and oxygen atoms in total. The smallest absolute Gasteiger partial charge is 0.163 e. The third kappa shape index (κ3) is 3.18. The zero-order valence-corrected chi connectivity index (χ0v) is 13.5. The summed E-state index contributed by atoms with van der Waals surface area (Å²) >= 11 is 3.61. The van der Waals surface area contributed by atoms with Crippen molar-refractivity contribution in [2.24, 2.45) is 0 Å². The van der Waals surface area contributed by atoms with Gasteiger partial charge in [-0.2, -0.15) is 5.10 Å². The highest BCUT2D eigenvalue weighted by atomic mass is 79.9. The average Bonchev–Trinajstić information content (AvgIpc) is 2.81. The van der Waals surface area contributed by atoms with Gasteiger partial charge in [0.15, 0.2) is 5.78 Å². The number of Topliss-reactive ketones (excluding diaryl/α,β-unsaturated/α-hetero) is 1. The first-order valence-corrected chi connectivity index (χ1v) is 7.79. The van der Waals surface area contributed by atoms with Crippen LogP contribution in [-0.4, -0.2) is 15.6 Å². The molecule has 0 fully saturated rings. The van der Waals surface area contributed by atoms with Crippen LogP contribution in [0.3, 0.4) is 0 Å². The number of carbonyl (C=O) groups excluding carboxylic acids is 1. The van der Waals surface area contributed by atoms with E-state index in [2.05, 4.69) is 34.9 Å². The van der Waals surface area contributed by atoms with Gasteiger partial charge in [-0.05, 0) is 35.7 Å². The molecule has 2 aromatic rings. The van der Waals surface area contributed by atoms with E-state index in [0.29, 0.717) is 6.42 Å². The van der Waals surface area contributed by atoms with E-state index >= 15 is 0 Å². The Kier molecular flexibility index (Phi) is 5.12. The van der Waals surface area contributed by atoms with Gasteiger partial charge in [-0.15, -0.1) is 0 Å². The Morgan fingerprint density at radius 1 is 1.25 bits per heavy atom. The molecule has 0 unspecified atom stereocenters. The predicted octanol–water partition coefficient (Wildman–Crippen LogP) is 4.04. The molecule has 0 aliphatic heterocycles. The summed E-state index contributed by atoms with van der Waals surface area (Å²) in [6.07, 6.45) is 2.12. The zero-order valence-electron chi connectivity index (χ0n) is 11.9. The number of hydrogen-bond acceptors (Lipinski definition) is 2. The Bertz CT molecular complexity index is 590. The summed E-state index contributed by atoms with van der Waals surface area (Å²) in [5, 5.41) is 4.56. The number of carbonyl (C=O) groups is 1. The van der Waals surface area contributed by atoms with Gasteiger partial charge in [0.2, 0.25) is 0 Å². The van der Waals surface area contributed by atoms with E-state index in [9.17, 15) is 4.79 Å². The Morgan fingerprint density at radius 3 is 2.55 bits per heavy atom. The van der Waals surface area contributed by atoms with Crippen LogP contribution in [0, 0.1) is 0 Å². The summed E-state index contributed by atoms with van der Waals surface area (Å²) in [4.78, 5) is 12.2. The van der Waals surface area contributed by atoms with E-state index in [1.807, 2.05) is 35.0 Å². The summed E-state index contributed by atoms with van der Waals surface area (Å²) in [6, 6.07) is 9.45. The minimum Gasteiger partial charge on any atom is -0.294 e. The number of benzene rings is 1. The van der Waals surface area contributed by atoms with Crippen LogP contribution >= 0.6 is 15.9 Å². The molecule has 0 saturated carbocycles. The van der Waals surface area contributed by atoms with Crippen molar-refractivity contribution in [3.63, 3.8) is 0 Å². The van der Waals surface area contributed by atoms with E-state index in [-0.39, 0.29) is 5.78 Å². The third-order valence-electron chi connectivity index (χ3n) is 3.38. The van der Waals surface area contributed by atoms with Crippen molar-refractivity contribution in [3.8, 4) is 0 Å². The minimum absolute atomic E-state index is 0.180. The molecule has 20 heavy (non-hydrogen) atoms. The second kappa shape index (κ2) is 6.84. The molecule has 1 heterocycles. The lowest BCUT2D eigenvalue weighted by Crippen LogP contribution is -2.07. The number of rotatable bonds is 6. The van der Waals surface area contributed by atoms with Crippen molar-refractivity contribution < 1.29 is 4.79 Å². The number of aryl methyl sites for hydroxylation is 2. The fraction of sp³-hybridized carbons (Fsp3) is 0.375. The molecule has 0 amide bonds. The second-order valence-corrected chi connectivity index (χ2v) is 5.46. The summed E-state index contributed by atoms with van der Waals surface area (Å²) < 4.78 is 3.05. The highest BCUT2D eigenvalue weighted by Gasteiger charge is 2.15. The van der Waals surface area contributed by atoms with Gasteiger partial charge in [0, 0.05) is 18.5 Å². The Morgan fingerprint density at radius 2 is 1.95 bits per heavy atom. The molecule has 106 valence electrons. The number of ketones is 1. The molecule has 2 rings (SSSR count). The fourth-order valence-corrected chi connectivity index (χ4v) is 3.02. The monoisotopic (exact) mass is 334 g/mol. The average molecular weight is 335 g/mol. The van der Waals surface area contributed by atoms with Gasteiger partial charge in [-0.1, -0.05) is 37.3 Å². The normalized spacial score (nSPS) is 10.8. The first-order valence-electron chi connectivity index (χ1n) is 6.99. The first kappa shape index (κ1) is 15.0. The second-order valence-electron chi connectivity index (χ2n) is 4.67. The Balaban J connectivity index is 2.11. The van der Waals surface area contributed by atoms with Gasteiger partial charge in [0.05, 0.1) is 15.9 Å². The third-order valence-corrected chi connectivity index (χ3v) is 4.29. The van der Waals surface area contributed by atoms with Crippen molar-refractivity contribution in [1.29, 1.82) is 0 Å². The SMILES string of the molecule is CCc1nn(CC)c(CCC(=O)c2ccccc2)c1Br. The van der Waals surface area contributed by atoms with Crippen LogP contribution in [0.15, 0.2) is 34.8 Å². The molecule has 4 heteroatoms. The van der Waals surface area contributed by atoms with Gasteiger partial charge >= 0.3 is 0 Å². The minimum atomic E-state index is 0.180. The molecular weight excluding hydrogens is 316 g/mol. The topological polar surface area (TPSA) is 34.9 Å². The molecule has 0 spiro atoms. The predicted molar refractivity (Wildman–Crippen MR) is 84.1 cm³/mol. The van der Waals surface area contributed by atoms with E-state index in [4.69, 9.17) is 0 Å². The quantitative estimate of drug-likeness (QED) is 0.747. The molecular formula is C16H19BrN2O. The number of halogens is 1. The lowest BCUT2D eigenvalue weighted by Gasteiger charge is -2.05. The van der Waals surface area contributed by atoms with Gasteiger partial charge < -0.3 is 0 Å². The lowest BCUT2D eigenvalue weighted by molar-refractivity contribution is 0.0982. The van der Waals surface area contributed by atoms with Crippen LogP contribution in [0.4, 0.5) is 0 Å². The van der Waals surface area contributed by atoms with Crippen molar-refractivity contribution in [1.82, 2.24) is 9.78 Å². The maximum absolute atomic E-state index is 12.2. The molecule has 0 atom stereocenters. The van der Waals surface area contributed by atoms with Crippen LogP contribution in [0.2, 0.25) is 0 Å². The van der Waals surface area contributed by atoms with Crippen molar-refractivity contribution in [3.05, 3.63) is 51.8 Å². The van der Waals surface area contributed by atoms with Gasteiger partial charge in [-0.25, -0.2) is 0 Å². The maximum Gasteiger partial charge on any atom is 0.163 e. The standard InChI is InChI=1S/C16H19BrN2O/c1-3-13-16(17)14(19(4-2)18-13)10-11-15(20)12-8-6-5-7-9-12/h5-9H,3-4,10-11H2,1-2H3. The van der Waals surface area contributed by atoms with E-state index < -0.39 is 0 Å². The van der Waals surface area contributed by atoms with Crippen molar-refractivity contribution in [2.45, 2.75) is 39.7 Å². The summed E-state index contributed by atoms with van der Waals surface area (Å²) in [5.74, 6) is 0.180. The summed E-state index contributed by atoms with van der Waals surface area (Å²) in [5.41, 5.74) is 2.96. The molecule has 0 N–H and O–H groups in total. The Hall–Kier alpha value is -1.42.